The summed E-state index contributed by atoms with van der Waals surface area (Å²) in [6, 6.07) is 8.65. The molecule has 1 saturated heterocycles. The van der Waals surface area contributed by atoms with Gasteiger partial charge >= 0.3 is 6.18 Å². The van der Waals surface area contributed by atoms with Crippen LogP contribution in [0.25, 0.3) is 11.0 Å². The highest BCUT2D eigenvalue weighted by Gasteiger charge is 2.37. The lowest BCUT2D eigenvalue weighted by Gasteiger charge is -2.30. The van der Waals surface area contributed by atoms with Crippen molar-refractivity contribution in [3.05, 3.63) is 59.7 Å². The number of nitrogens with one attached hydrogen (secondary N) is 2. The van der Waals surface area contributed by atoms with Crippen molar-refractivity contribution in [2.24, 2.45) is 5.92 Å². The molecule has 0 aliphatic carbocycles. The van der Waals surface area contributed by atoms with Gasteiger partial charge in [-0.15, -0.1) is 0 Å². The second-order valence-electron chi connectivity index (χ2n) is 7.57. The highest BCUT2D eigenvalue weighted by atomic mass is 19.4. The molecule has 33 heavy (non-hydrogen) atoms. The standard InChI is InChI=1S/C21H20F3N5O4/c22-21(23,24)20-27-16-3-1-2-4-17(16)29(20)10-13-6-5-12(9-25-13)18(30)26-15-7-8-33-11-14(15)19(31)28-32/h1-6,9,14-15,32H,7-8,10-11H2,(H,26,30)(H,28,31)/t14-,15+/m0/s1. The van der Waals surface area contributed by atoms with Gasteiger partial charge in [-0.05, 0) is 30.7 Å². The first-order valence-electron chi connectivity index (χ1n) is 10.1. The predicted molar refractivity (Wildman–Crippen MR) is 108 cm³/mol. The molecule has 0 bridgehead atoms. The molecular weight excluding hydrogens is 443 g/mol. The number of rotatable bonds is 5. The second-order valence-corrected chi connectivity index (χ2v) is 7.57. The van der Waals surface area contributed by atoms with Crippen molar-refractivity contribution in [3.63, 3.8) is 0 Å². The number of aromatic nitrogens is 3. The van der Waals surface area contributed by atoms with Crippen LogP contribution in [0.1, 0.15) is 28.3 Å². The maximum Gasteiger partial charge on any atom is 0.449 e. The third kappa shape index (κ3) is 4.81. The fraction of sp³-hybridized carbons (Fsp3) is 0.333. The van der Waals surface area contributed by atoms with Crippen LogP contribution in [0.5, 0.6) is 0 Å². The summed E-state index contributed by atoms with van der Waals surface area (Å²) >= 11 is 0. The van der Waals surface area contributed by atoms with Crippen molar-refractivity contribution in [1.82, 2.24) is 25.3 Å². The molecule has 3 N–H and O–H groups in total. The van der Waals surface area contributed by atoms with Gasteiger partial charge in [-0.2, -0.15) is 13.2 Å². The Kier molecular flexibility index (Phi) is 6.29. The molecule has 1 fully saturated rings. The molecular formula is C21H20F3N5O4. The first kappa shape index (κ1) is 22.7. The Bertz CT molecular complexity index is 1160. The molecule has 2 aromatic heterocycles. The number of hydrogen-bond acceptors (Lipinski definition) is 6. The minimum atomic E-state index is -4.64. The minimum absolute atomic E-state index is 0.0505. The maximum absolute atomic E-state index is 13.5. The number of pyridine rings is 1. The SMILES string of the molecule is O=C(N[C@@H]1CCOC[C@@H]1C(=O)NO)c1ccc(Cn2c(C(F)(F)F)nc3ccccc32)nc1. The molecule has 12 heteroatoms. The van der Waals surface area contributed by atoms with Crippen LogP contribution in [0.2, 0.25) is 0 Å². The van der Waals surface area contributed by atoms with E-state index in [0.29, 0.717) is 24.2 Å². The quantitative estimate of drug-likeness (QED) is 0.394. The number of hydrogen-bond donors (Lipinski definition) is 3. The van der Waals surface area contributed by atoms with Gasteiger partial charge in [0.15, 0.2) is 0 Å². The van der Waals surface area contributed by atoms with Crippen LogP contribution in [0, 0.1) is 5.92 Å². The average Bonchev–Trinajstić information content (AvgIpc) is 3.18. The van der Waals surface area contributed by atoms with E-state index in [0.717, 1.165) is 4.57 Å². The van der Waals surface area contributed by atoms with Gasteiger partial charge in [-0.25, -0.2) is 10.5 Å². The zero-order valence-corrected chi connectivity index (χ0v) is 17.2. The molecule has 2 atom stereocenters. The molecule has 174 valence electrons. The molecule has 3 heterocycles. The van der Waals surface area contributed by atoms with E-state index in [2.05, 4.69) is 15.3 Å². The van der Waals surface area contributed by atoms with Gasteiger partial charge in [0.05, 0.1) is 41.4 Å². The van der Waals surface area contributed by atoms with Crippen LogP contribution in [-0.4, -0.2) is 50.8 Å². The van der Waals surface area contributed by atoms with E-state index in [-0.39, 0.29) is 24.2 Å². The van der Waals surface area contributed by atoms with Gasteiger partial charge in [0.25, 0.3) is 11.8 Å². The smallest absolute Gasteiger partial charge is 0.380 e. The van der Waals surface area contributed by atoms with Crippen molar-refractivity contribution in [2.75, 3.05) is 13.2 Å². The van der Waals surface area contributed by atoms with E-state index in [4.69, 9.17) is 9.94 Å². The summed E-state index contributed by atoms with van der Waals surface area (Å²) in [7, 11) is 0. The van der Waals surface area contributed by atoms with Gasteiger partial charge in [0.1, 0.15) is 0 Å². The van der Waals surface area contributed by atoms with Gasteiger partial charge < -0.3 is 14.6 Å². The number of amides is 2. The van der Waals surface area contributed by atoms with Crippen LogP contribution < -0.4 is 10.8 Å². The lowest BCUT2D eigenvalue weighted by molar-refractivity contribution is -0.146. The number of fused-ring (bicyclic) bond motifs is 1. The molecule has 1 aliphatic rings. The predicted octanol–water partition coefficient (Wildman–Crippen LogP) is 2.14. The summed E-state index contributed by atoms with van der Waals surface area (Å²) in [5, 5.41) is 11.6. The van der Waals surface area contributed by atoms with Gasteiger partial charge in [0.2, 0.25) is 5.82 Å². The summed E-state index contributed by atoms with van der Waals surface area (Å²) in [6.07, 6.45) is -3.00. The number of carbonyl (C=O) groups excluding carboxylic acids is 2. The average molecular weight is 463 g/mol. The Hall–Kier alpha value is -3.51. The Labute approximate surface area is 185 Å². The topological polar surface area (TPSA) is 118 Å². The fourth-order valence-electron chi connectivity index (χ4n) is 3.77. The Morgan fingerprint density at radius 3 is 2.70 bits per heavy atom. The first-order valence-corrected chi connectivity index (χ1v) is 10.1. The number of imidazole rings is 1. The van der Waals surface area contributed by atoms with Crippen molar-refractivity contribution in [2.45, 2.75) is 25.2 Å². The molecule has 9 nitrogen and oxygen atoms in total. The number of nitrogens with zero attached hydrogens (tertiary/aromatic N) is 3. The summed E-state index contributed by atoms with van der Waals surface area (Å²) in [4.78, 5) is 32.3. The number of carbonyl (C=O) groups is 2. The van der Waals surface area contributed by atoms with Crippen molar-refractivity contribution >= 4 is 22.8 Å². The fourth-order valence-corrected chi connectivity index (χ4v) is 3.77. The summed E-state index contributed by atoms with van der Waals surface area (Å²) in [6.45, 7) is 0.211. The van der Waals surface area contributed by atoms with E-state index in [1.165, 1.54) is 24.4 Å². The minimum Gasteiger partial charge on any atom is -0.380 e. The third-order valence-corrected chi connectivity index (χ3v) is 5.43. The van der Waals surface area contributed by atoms with E-state index in [1.807, 2.05) is 0 Å². The van der Waals surface area contributed by atoms with Crippen LogP contribution in [0.4, 0.5) is 13.2 Å². The van der Waals surface area contributed by atoms with E-state index < -0.39 is 35.8 Å². The molecule has 2 amide bonds. The molecule has 0 unspecified atom stereocenters. The van der Waals surface area contributed by atoms with Crippen molar-refractivity contribution in [1.29, 1.82) is 0 Å². The zero-order valence-electron chi connectivity index (χ0n) is 17.2. The largest absolute Gasteiger partial charge is 0.449 e. The van der Waals surface area contributed by atoms with E-state index in [9.17, 15) is 22.8 Å². The molecule has 1 aromatic carbocycles. The second kappa shape index (κ2) is 9.16. The van der Waals surface area contributed by atoms with Gasteiger partial charge in [-0.3, -0.25) is 19.8 Å². The number of ether oxygens (including phenoxy) is 1. The normalized spacial score (nSPS) is 18.8. The lowest BCUT2D eigenvalue weighted by atomic mass is 9.94. The van der Waals surface area contributed by atoms with Crippen LogP contribution >= 0.6 is 0 Å². The number of halogens is 3. The summed E-state index contributed by atoms with van der Waals surface area (Å²) in [5.74, 6) is -2.95. The Morgan fingerprint density at radius 2 is 2.00 bits per heavy atom. The van der Waals surface area contributed by atoms with Crippen LogP contribution in [0.15, 0.2) is 42.6 Å². The molecule has 0 saturated carbocycles. The highest BCUT2D eigenvalue weighted by molar-refractivity contribution is 5.94. The van der Waals surface area contributed by atoms with E-state index in [1.54, 1.807) is 23.7 Å². The Morgan fingerprint density at radius 1 is 1.21 bits per heavy atom. The Balaban J connectivity index is 1.51. The first-order chi connectivity index (χ1) is 15.8. The molecule has 4 rings (SSSR count). The van der Waals surface area contributed by atoms with Crippen molar-refractivity contribution < 1.29 is 32.7 Å². The van der Waals surface area contributed by atoms with Gasteiger partial charge in [0, 0.05) is 18.8 Å². The number of para-hydroxylation sites is 2. The number of alkyl halides is 3. The third-order valence-electron chi connectivity index (χ3n) is 5.43. The summed E-state index contributed by atoms with van der Waals surface area (Å²) in [5.41, 5.74) is 2.59. The van der Waals surface area contributed by atoms with Crippen LogP contribution in [0.3, 0.4) is 0 Å². The zero-order chi connectivity index (χ0) is 23.6. The molecule has 0 spiro atoms. The monoisotopic (exact) mass is 463 g/mol. The molecule has 3 aromatic rings. The number of benzene rings is 1. The van der Waals surface area contributed by atoms with Gasteiger partial charge in [-0.1, -0.05) is 12.1 Å². The molecule has 1 aliphatic heterocycles. The number of hydroxylamine groups is 1. The maximum atomic E-state index is 13.5. The van der Waals surface area contributed by atoms with Crippen molar-refractivity contribution in [3.8, 4) is 0 Å². The highest BCUT2D eigenvalue weighted by Crippen LogP contribution is 2.31. The molecule has 0 radical (unpaired) electrons. The lowest BCUT2D eigenvalue weighted by Crippen LogP contribution is -2.51. The summed E-state index contributed by atoms with van der Waals surface area (Å²) < 4.78 is 46.7. The van der Waals surface area contributed by atoms with Crippen LogP contribution in [-0.2, 0) is 22.3 Å². The van der Waals surface area contributed by atoms with E-state index >= 15 is 0 Å².